The molecule has 1 N–H and O–H groups in total. The highest BCUT2D eigenvalue weighted by atomic mass is 16.6. The molecule has 0 aliphatic carbocycles. The van der Waals surface area contributed by atoms with E-state index in [2.05, 4.69) is 5.32 Å². The number of nitro groups is 1. The molecule has 0 atom stereocenters. The number of nitrogens with zero attached hydrogens (tertiary/aromatic N) is 1. The van der Waals surface area contributed by atoms with Crippen LogP contribution < -0.4 is 10.1 Å². The van der Waals surface area contributed by atoms with Crippen molar-refractivity contribution in [2.45, 2.75) is 6.54 Å². The molecule has 0 spiro atoms. The molecule has 0 fully saturated rings. The van der Waals surface area contributed by atoms with Gasteiger partial charge in [-0.15, -0.1) is 0 Å². The maximum Gasteiger partial charge on any atom is 0.270 e. The lowest BCUT2D eigenvalue weighted by Gasteiger charge is -2.05. The first-order valence-corrected chi connectivity index (χ1v) is 6.92. The van der Waals surface area contributed by atoms with Crippen molar-refractivity contribution in [3.63, 3.8) is 0 Å². The van der Waals surface area contributed by atoms with E-state index in [1.54, 1.807) is 19.2 Å². The van der Waals surface area contributed by atoms with Gasteiger partial charge in [0.05, 0.1) is 12.0 Å². The van der Waals surface area contributed by atoms with Crippen LogP contribution in [0.1, 0.15) is 11.1 Å². The summed E-state index contributed by atoms with van der Waals surface area (Å²) in [5, 5.41) is 13.4. The SMILES string of the molecule is COc1cccc(CNC(=O)/C=C/c2cccc([N+](=O)[O-])c2)c1. The highest BCUT2D eigenvalue weighted by molar-refractivity contribution is 5.91. The second-order valence-corrected chi connectivity index (χ2v) is 4.75. The topological polar surface area (TPSA) is 81.5 Å². The molecule has 1 amide bonds. The first-order valence-electron chi connectivity index (χ1n) is 6.92. The van der Waals surface area contributed by atoms with Gasteiger partial charge < -0.3 is 10.1 Å². The quantitative estimate of drug-likeness (QED) is 0.505. The summed E-state index contributed by atoms with van der Waals surface area (Å²) in [6, 6.07) is 13.5. The maximum absolute atomic E-state index is 11.8. The van der Waals surface area contributed by atoms with Crippen LogP contribution in [0.2, 0.25) is 0 Å². The number of nitrogens with one attached hydrogen (secondary N) is 1. The van der Waals surface area contributed by atoms with Crippen LogP contribution in [0.5, 0.6) is 5.75 Å². The minimum absolute atomic E-state index is 0.0102. The maximum atomic E-state index is 11.8. The van der Waals surface area contributed by atoms with Crippen LogP contribution in [0.3, 0.4) is 0 Å². The zero-order valence-corrected chi connectivity index (χ0v) is 12.6. The van der Waals surface area contributed by atoms with Crippen molar-refractivity contribution >= 4 is 17.7 Å². The summed E-state index contributed by atoms with van der Waals surface area (Å²) in [4.78, 5) is 22.0. The van der Waals surface area contributed by atoms with E-state index in [0.717, 1.165) is 11.3 Å². The summed E-state index contributed by atoms with van der Waals surface area (Å²) in [7, 11) is 1.58. The largest absolute Gasteiger partial charge is 0.497 e. The summed E-state index contributed by atoms with van der Waals surface area (Å²) in [6.45, 7) is 0.370. The summed E-state index contributed by atoms with van der Waals surface area (Å²) >= 11 is 0. The number of rotatable bonds is 6. The lowest BCUT2D eigenvalue weighted by Crippen LogP contribution is -2.20. The van der Waals surface area contributed by atoms with Crippen LogP contribution in [0.15, 0.2) is 54.6 Å². The fourth-order valence-corrected chi connectivity index (χ4v) is 1.94. The Hall–Kier alpha value is -3.15. The lowest BCUT2D eigenvalue weighted by atomic mass is 10.2. The molecule has 118 valence electrons. The number of hydrogen-bond acceptors (Lipinski definition) is 4. The van der Waals surface area contributed by atoms with Crippen LogP contribution in [-0.4, -0.2) is 17.9 Å². The smallest absolute Gasteiger partial charge is 0.270 e. The van der Waals surface area contributed by atoms with Gasteiger partial charge in [0, 0.05) is 24.8 Å². The van der Waals surface area contributed by atoms with Gasteiger partial charge in [-0.1, -0.05) is 24.3 Å². The number of nitro benzene ring substituents is 1. The monoisotopic (exact) mass is 312 g/mol. The molecule has 0 unspecified atom stereocenters. The summed E-state index contributed by atoms with van der Waals surface area (Å²) in [5.74, 6) is 0.447. The Labute approximate surface area is 133 Å². The van der Waals surface area contributed by atoms with Gasteiger partial charge in [-0.25, -0.2) is 0 Å². The Kier molecular flexibility index (Phi) is 5.46. The van der Waals surface area contributed by atoms with E-state index in [9.17, 15) is 14.9 Å². The van der Waals surface area contributed by atoms with Crippen LogP contribution >= 0.6 is 0 Å². The molecule has 0 saturated carbocycles. The Morgan fingerprint density at radius 3 is 2.78 bits per heavy atom. The van der Waals surface area contributed by atoms with Gasteiger partial charge in [0.2, 0.25) is 5.91 Å². The van der Waals surface area contributed by atoms with Gasteiger partial charge in [0.1, 0.15) is 5.75 Å². The zero-order valence-electron chi connectivity index (χ0n) is 12.6. The number of benzene rings is 2. The number of non-ortho nitro benzene ring substituents is 1. The van der Waals surface area contributed by atoms with Crippen molar-refractivity contribution in [2.75, 3.05) is 7.11 Å². The predicted molar refractivity (Wildman–Crippen MR) is 87.0 cm³/mol. The third-order valence-corrected chi connectivity index (χ3v) is 3.11. The number of carbonyl (C=O) groups is 1. The van der Waals surface area contributed by atoms with Crippen molar-refractivity contribution in [1.82, 2.24) is 5.32 Å². The fourth-order valence-electron chi connectivity index (χ4n) is 1.94. The average molecular weight is 312 g/mol. The number of amides is 1. The Balaban J connectivity index is 1.93. The van der Waals surface area contributed by atoms with Crippen molar-refractivity contribution in [3.8, 4) is 5.75 Å². The molecule has 0 aromatic heterocycles. The van der Waals surface area contributed by atoms with Crippen LogP contribution in [0.25, 0.3) is 6.08 Å². The van der Waals surface area contributed by atoms with E-state index < -0.39 is 4.92 Å². The fraction of sp³-hybridized carbons (Fsp3) is 0.118. The number of ether oxygens (including phenoxy) is 1. The van der Waals surface area contributed by atoms with Crippen LogP contribution in [0, 0.1) is 10.1 Å². The first kappa shape index (κ1) is 16.2. The molecule has 6 heteroatoms. The standard InChI is InChI=1S/C17H16N2O4/c1-23-16-7-3-5-14(11-16)12-18-17(20)9-8-13-4-2-6-15(10-13)19(21)22/h2-11H,12H2,1H3,(H,18,20)/b9-8+. The van der Waals surface area contributed by atoms with Crippen molar-refractivity contribution in [2.24, 2.45) is 0 Å². The lowest BCUT2D eigenvalue weighted by molar-refractivity contribution is -0.384. The Morgan fingerprint density at radius 2 is 2.04 bits per heavy atom. The van der Waals surface area contributed by atoms with Crippen LogP contribution in [0.4, 0.5) is 5.69 Å². The van der Waals surface area contributed by atoms with Gasteiger partial charge in [-0.2, -0.15) is 0 Å². The molecule has 6 nitrogen and oxygen atoms in total. The molecule has 2 aromatic rings. The first-order chi connectivity index (χ1) is 11.1. The van der Waals surface area contributed by atoms with Gasteiger partial charge in [0.25, 0.3) is 5.69 Å². The zero-order chi connectivity index (χ0) is 16.7. The summed E-state index contributed by atoms with van der Waals surface area (Å²) in [5.41, 5.74) is 1.50. The molecule has 0 aliphatic heterocycles. The molecule has 0 radical (unpaired) electrons. The minimum Gasteiger partial charge on any atom is -0.497 e. The molecular formula is C17H16N2O4. The van der Waals surface area contributed by atoms with E-state index in [0.29, 0.717) is 12.1 Å². The highest BCUT2D eigenvalue weighted by Crippen LogP contribution is 2.14. The van der Waals surface area contributed by atoms with E-state index in [1.807, 2.05) is 24.3 Å². The van der Waals surface area contributed by atoms with Gasteiger partial charge in [-0.3, -0.25) is 14.9 Å². The molecule has 2 aromatic carbocycles. The van der Waals surface area contributed by atoms with Gasteiger partial charge in [0.15, 0.2) is 0 Å². The van der Waals surface area contributed by atoms with Crippen molar-refractivity contribution < 1.29 is 14.5 Å². The van der Waals surface area contributed by atoms with Crippen molar-refractivity contribution in [1.29, 1.82) is 0 Å². The molecule has 0 heterocycles. The van der Waals surface area contributed by atoms with Crippen molar-refractivity contribution in [3.05, 3.63) is 75.8 Å². The molecule has 0 saturated heterocycles. The molecular weight excluding hydrogens is 296 g/mol. The third-order valence-electron chi connectivity index (χ3n) is 3.11. The minimum atomic E-state index is -0.472. The van der Waals surface area contributed by atoms with E-state index >= 15 is 0 Å². The summed E-state index contributed by atoms with van der Waals surface area (Å²) in [6.07, 6.45) is 2.88. The number of carbonyl (C=O) groups excluding carboxylic acids is 1. The number of hydrogen-bond donors (Lipinski definition) is 1. The Bertz CT molecular complexity index is 741. The van der Waals surface area contributed by atoms with Crippen LogP contribution in [-0.2, 0) is 11.3 Å². The van der Waals surface area contributed by atoms with E-state index in [4.69, 9.17) is 4.74 Å². The molecule has 0 bridgehead atoms. The third kappa shape index (κ3) is 4.96. The summed E-state index contributed by atoms with van der Waals surface area (Å²) < 4.78 is 5.12. The van der Waals surface area contributed by atoms with E-state index in [-0.39, 0.29) is 11.6 Å². The van der Waals surface area contributed by atoms with Gasteiger partial charge in [-0.05, 0) is 29.3 Å². The second-order valence-electron chi connectivity index (χ2n) is 4.75. The highest BCUT2D eigenvalue weighted by Gasteiger charge is 2.04. The molecule has 0 aliphatic rings. The van der Waals surface area contributed by atoms with E-state index in [1.165, 1.54) is 24.3 Å². The molecule has 23 heavy (non-hydrogen) atoms. The predicted octanol–water partition coefficient (Wildman–Crippen LogP) is 2.93. The Morgan fingerprint density at radius 1 is 1.26 bits per heavy atom. The second kappa shape index (κ2) is 7.74. The van der Waals surface area contributed by atoms with Gasteiger partial charge >= 0.3 is 0 Å². The normalized spacial score (nSPS) is 10.5. The average Bonchev–Trinajstić information content (AvgIpc) is 2.58. The number of methoxy groups -OCH3 is 1. The molecule has 2 rings (SSSR count).